The maximum absolute atomic E-state index is 12.3. The number of benzene rings is 1. The SMILES string of the molecule is COc1ccc(COC/C(C)=C/CC[C@@H](C)CC2C/C(=[C](\C)[Sn]([CH3])([CH3])[CH3])C(=O)O2)cc1. The Morgan fingerprint density at radius 2 is 1.90 bits per heavy atom. The van der Waals surface area contributed by atoms with Gasteiger partial charge in [-0.05, 0) is 17.7 Å². The van der Waals surface area contributed by atoms with E-state index < -0.39 is 18.4 Å². The largest absolute Gasteiger partial charge is 0.0530 e. The van der Waals surface area contributed by atoms with Crippen LogP contribution in [0.25, 0.3) is 0 Å². The van der Waals surface area contributed by atoms with Crippen molar-refractivity contribution in [3.63, 3.8) is 0 Å². The van der Waals surface area contributed by atoms with Crippen molar-refractivity contribution in [2.45, 2.75) is 74.0 Å². The van der Waals surface area contributed by atoms with E-state index in [2.05, 4.69) is 41.7 Å². The number of hydrogen-bond donors (Lipinski definition) is 0. The molecule has 2 atom stereocenters. The molecule has 1 aliphatic rings. The molecular weight excluding hydrogens is 495 g/mol. The van der Waals surface area contributed by atoms with E-state index in [4.69, 9.17) is 14.2 Å². The fraction of sp³-hybridized carbons (Fsp3) is 0.577. The first-order valence-electron chi connectivity index (χ1n) is 11.4. The van der Waals surface area contributed by atoms with Gasteiger partial charge in [-0.15, -0.1) is 0 Å². The molecule has 0 amide bonds. The van der Waals surface area contributed by atoms with Gasteiger partial charge in [-0.25, -0.2) is 0 Å². The number of esters is 1. The molecule has 4 nitrogen and oxygen atoms in total. The first kappa shape index (κ1) is 26.0. The van der Waals surface area contributed by atoms with Gasteiger partial charge < -0.3 is 4.74 Å². The molecule has 2 rings (SSSR count). The molecule has 0 aromatic heterocycles. The van der Waals surface area contributed by atoms with Gasteiger partial charge in [0.1, 0.15) is 5.75 Å². The van der Waals surface area contributed by atoms with Gasteiger partial charge in [0.2, 0.25) is 0 Å². The summed E-state index contributed by atoms with van der Waals surface area (Å²) in [5.74, 6) is 1.33. The summed E-state index contributed by atoms with van der Waals surface area (Å²) in [6.45, 7) is 7.78. The van der Waals surface area contributed by atoms with Crippen molar-refractivity contribution in [3.8, 4) is 5.75 Å². The van der Waals surface area contributed by atoms with Gasteiger partial charge in [0, 0.05) is 0 Å². The number of carbonyl (C=O) groups is 1. The molecule has 1 heterocycles. The first-order chi connectivity index (χ1) is 14.6. The summed E-state index contributed by atoms with van der Waals surface area (Å²) < 4.78 is 18.1. The van der Waals surface area contributed by atoms with E-state index in [1.54, 1.807) is 7.11 Å². The topological polar surface area (TPSA) is 44.8 Å². The van der Waals surface area contributed by atoms with Gasteiger partial charge in [-0.3, -0.25) is 0 Å². The van der Waals surface area contributed by atoms with Crippen LogP contribution in [0.4, 0.5) is 0 Å². The standard InChI is InChI=1S/C23H31O4.3CH3.Sn/c1-5-20-14-22(27-23(20)24)13-17(2)7-6-8-18(3)15-26-16-19-9-11-21(25-4)12-10-19;;;;/h8-12,17,22H,6-7,13-16H2,1-4H3;3*1H3;/b18-8+,20-5?;;;;/t17-,22?;;;;/m1..../s1. The molecule has 0 N–H and O–H groups in total. The van der Waals surface area contributed by atoms with E-state index >= 15 is 0 Å². The van der Waals surface area contributed by atoms with Crippen LogP contribution in [0.15, 0.2) is 45.1 Å². The number of carbonyl (C=O) groups excluding carboxylic acids is 1. The normalized spacial score (nSPS) is 19.9. The predicted octanol–water partition coefficient (Wildman–Crippen LogP) is 6.47. The molecule has 0 radical (unpaired) electrons. The molecule has 5 heteroatoms. The number of allylic oxidation sites excluding steroid dienone is 2. The van der Waals surface area contributed by atoms with Crippen molar-refractivity contribution in [2.24, 2.45) is 5.92 Å². The summed E-state index contributed by atoms with van der Waals surface area (Å²) >= 11 is -2.20. The Kier molecular flexibility index (Phi) is 10.1. The summed E-state index contributed by atoms with van der Waals surface area (Å²) in [5, 5.41) is 0. The minimum Gasteiger partial charge on any atom is -0.0530 e. The fourth-order valence-corrected chi connectivity index (χ4v) is 6.92. The summed E-state index contributed by atoms with van der Waals surface area (Å²) in [5.41, 5.74) is 3.38. The van der Waals surface area contributed by atoms with Crippen LogP contribution in [-0.4, -0.2) is 44.2 Å². The van der Waals surface area contributed by atoms with Crippen molar-refractivity contribution in [2.75, 3.05) is 13.7 Å². The fourth-order valence-electron chi connectivity index (χ4n) is 3.76. The van der Waals surface area contributed by atoms with Gasteiger partial charge in [0.25, 0.3) is 0 Å². The van der Waals surface area contributed by atoms with Crippen LogP contribution in [0.2, 0.25) is 14.8 Å². The Balaban J connectivity index is 1.70. The third-order valence-electron chi connectivity index (χ3n) is 6.10. The van der Waals surface area contributed by atoms with Gasteiger partial charge >= 0.3 is 139 Å². The summed E-state index contributed by atoms with van der Waals surface area (Å²) in [7, 11) is 1.67. The van der Waals surface area contributed by atoms with E-state index in [1.807, 2.05) is 24.3 Å². The maximum Gasteiger partial charge on any atom is -0.0196 e. The average molecular weight is 535 g/mol. The van der Waals surface area contributed by atoms with E-state index in [1.165, 1.54) is 9.16 Å². The quantitative estimate of drug-likeness (QED) is 0.141. The van der Waals surface area contributed by atoms with E-state index in [0.717, 1.165) is 42.6 Å². The van der Waals surface area contributed by atoms with Crippen molar-refractivity contribution in [1.29, 1.82) is 0 Å². The molecule has 1 aliphatic heterocycles. The van der Waals surface area contributed by atoms with Crippen molar-refractivity contribution in [3.05, 3.63) is 50.6 Å². The Morgan fingerprint density at radius 3 is 2.52 bits per heavy atom. The van der Waals surface area contributed by atoms with Crippen molar-refractivity contribution < 1.29 is 19.0 Å². The van der Waals surface area contributed by atoms with Crippen LogP contribution in [0.3, 0.4) is 0 Å². The Bertz CT molecular complexity index is 787. The summed E-state index contributed by atoms with van der Waals surface area (Å²) in [4.78, 5) is 19.4. The smallest absolute Gasteiger partial charge is 0.0196 e. The Labute approximate surface area is 192 Å². The minimum absolute atomic E-state index is 0.0546. The van der Waals surface area contributed by atoms with E-state index in [-0.39, 0.29) is 12.1 Å². The molecule has 0 spiro atoms. The van der Waals surface area contributed by atoms with Gasteiger partial charge in [0.15, 0.2) is 0 Å². The molecule has 1 aromatic rings. The van der Waals surface area contributed by atoms with E-state index in [0.29, 0.717) is 19.1 Å². The third-order valence-corrected chi connectivity index (χ3v) is 13.4. The van der Waals surface area contributed by atoms with Crippen molar-refractivity contribution in [1.82, 2.24) is 0 Å². The number of cyclic esters (lactones) is 1. The number of hydrogen-bond acceptors (Lipinski definition) is 4. The minimum atomic E-state index is -2.20. The van der Waals surface area contributed by atoms with Crippen LogP contribution in [0.1, 0.15) is 52.0 Å². The summed E-state index contributed by atoms with van der Waals surface area (Å²) in [6, 6.07) is 7.97. The third kappa shape index (κ3) is 8.64. The number of rotatable bonds is 11. The monoisotopic (exact) mass is 536 g/mol. The molecule has 1 saturated heterocycles. The zero-order valence-corrected chi connectivity index (χ0v) is 23.3. The second kappa shape index (κ2) is 12.1. The van der Waals surface area contributed by atoms with Crippen molar-refractivity contribution >= 4 is 24.3 Å². The molecule has 0 bridgehead atoms. The van der Waals surface area contributed by atoms with Crippen LogP contribution in [-0.2, 0) is 20.9 Å². The molecule has 172 valence electrons. The molecule has 1 aromatic carbocycles. The zero-order chi connectivity index (χ0) is 23.0. The molecule has 0 aliphatic carbocycles. The Morgan fingerprint density at radius 1 is 1.23 bits per heavy atom. The number of methoxy groups -OCH3 is 1. The second-order valence-electron chi connectivity index (χ2n) is 9.89. The van der Waals surface area contributed by atoms with Gasteiger partial charge in [0.05, 0.1) is 13.7 Å². The Hall–Kier alpha value is -1.27. The average Bonchev–Trinajstić information content (AvgIpc) is 3.06. The van der Waals surface area contributed by atoms with Crippen LogP contribution < -0.4 is 4.74 Å². The van der Waals surface area contributed by atoms with Crippen LogP contribution in [0, 0.1) is 5.92 Å². The first-order valence-corrected chi connectivity index (χ1v) is 21.4. The maximum atomic E-state index is 12.3. The van der Waals surface area contributed by atoms with E-state index in [9.17, 15) is 4.79 Å². The molecular formula is C26H40O4Sn. The second-order valence-corrected chi connectivity index (χ2v) is 24.9. The van der Waals surface area contributed by atoms with Gasteiger partial charge in [-0.2, -0.15) is 0 Å². The van der Waals surface area contributed by atoms with Gasteiger partial charge in [-0.1, -0.05) is 12.1 Å². The van der Waals surface area contributed by atoms with Crippen LogP contribution in [0.5, 0.6) is 5.75 Å². The van der Waals surface area contributed by atoms with Crippen LogP contribution >= 0.6 is 0 Å². The molecule has 31 heavy (non-hydrogen) atoms. The predicted molar refractivity (Wildman–Crippen MR) is 130 cm³/mol. The molecule has 0 saturated carbocycles. The molecule has 1 fully saturated rings. The number of ether oxygens (including phenoxy) is 3. The summed E-state index contributed by atoms with van der Waals surface area (Å²) in [6.07, 6.45) is 6.20. The molecule has 1 unspecified atom stereocenters. The zero-order valence-electron chi connectivity index (χ0n) is 20.4.